The Kier molecular flexibility index (Phi) is 3.86. The molecule has 0 aromatic heterocycles. The van der Waals surface area contributed by atoms with Crippen LogP contribution in [-0.2, 0) is 9.59 Å². The lowest BCUT2D eigenvalue weighted by atomic mass is 10.5. The summed E-state index contributed by atoms with van der Waals surface area (Å²) in [6.45, 7) is 0. The Morgan fingerprint density at radius 2 is 1.88 bits per heavy atom. The second-order valence-corrected chi connectivity index (χ2v) is 3.38. The van der Waals surface area contributed by atoms with Crippen LogP contribution in [0.1, 0.15) is 0 Å². The number of alkyl halides is 1. The minimum atomic E-state index is -0.673. The van der Waals surface area contributed by atoms with Crippen molar-refractivity contribution < 1.29 is 9.59 Å². The van der Waals surface area contributed by atoms with Crippen LogP contribution in [0.2, 0.25) is 0 Å². The maximum atomic E-state index is 10.3. The molecular formula is C3H3I2NO2. The quantitative estimate of drug-likeness (QED) is 0.339. The second kappa shape index (κ2) is 3.59. The van der Waals surface area contributed by atoms with Crippen LogP contribution >= 0.6 is 45.2 Å². The number of hydrogen-bond acceptors (Lipinski definition) is 2. The minimum Gasteiger partial charge on any atom is -0.368 e. The first-order chi connectivity index (χ1) is 3.55. The number of hydrogen-bond donors (Lipinski definition) is 1. The lowest BCUT2D eigenvalue weighted by Crippen LogP contribution is -2.27. The number of rotatable bonds is 2. The van der Waals surface area contributed by atoms with E-state index in [1.807, 2.05) is 0 Å². The molecule has 0 aromatic carbocycles. The van der Waals surface area contributed by atoms with Crippen molar-refractivity contribution in [1.29, 1.82) is 0 Å². The van der Waals surface area contributed by atoms with E-state index < -0.39 is 9.83 Å². The van der Waals surface area contributed by atoms with Crippen molar-refractivity contribution in [2.45, 2.75) is 3.92 Å². The molecule has 1 atom stereocenters. The molecular weight excluding hydrogens is 336 g/mol. The number of carbonyl (C=O) groups excluding carboxylic acids is 2. The molecule has 0 saturated carbocycles. The van der Waals surface area contributed by atoms with Crippen LogP contribution in [0.15, 0.2) is 0 Å². The van der Waals surface area contributed by atoms with Crippen molar-refractivity contribution in [3.05, 3.63) is 0 Å². The fraction of sp³-hybridized carbons (Fsp3) is 0.333. The standard InChI is InChI=1S/C3H3I2NO2/c4-1(2(5)7)3(6)8/h1H,(H2,6,8). The monoisotopic (exact) mass is 339 g/mol. The Balaban J connectivity index is 3.83. The van der Waals surface area contributed by atoms with Crippen molar-refractivity contribution >= 4 is 54.9 Å². The molecule has 3 nitrogen and oxygen atoms in total. The van der Waals surface area contributed by atoms with Gasteiger partial charge in [0.15, 0.2) is 3.92 Å². The van der Waals surface area contributed by atoms with E-state index in [2.05, 4.69) is 0 Å². The lowest BCUT2D eigenvalue weighted by molar-refractivity contribution is -0.120. The van der Waals surface area contributed by atoms with Gasteiger partial charge in [-0.15, -0.1) is 0 Å². The molecule has 0 saturated heterocycles. The van der Waals surface area contributed by atoms with Gasteiger partial charge in [-0.25, -0.2) is 0 Å². The highest BCUT2D eigenvalue weighted by atomic mass is 127. The van der Waals surface area contributed by atoms with Crippen LogP contribution in [0.25, 0.3) is 0 Å². The van der Waals surface area contributed by atoms with Gasteiger partial charge in [-0.1, -0.05) is 22.6 Å². The van der Waals surface area contributed by atoms with Crippen molar-refractivity contribution in [3.63, 3.8) is 0 Å². The van der Waals surface area contributed by atoms with Gasteiger partial charge >= 0.3 is 0 Å². The molecule has 1 amide bonds. The average Bonchev–Trinajstić information content (AvgIpc) is 1.64. The van der Waals surface area contributed by atoms with E-state index in [1.54, 1.807) is 22.6 Å². The van der Waals surface area contributed by atoms with E-state index in [4.69, 9.17) is 5.73 Å². The van der Waals surface area contributed by atoms with Crippen molar-refractivity contribution in [2.75, 3.05) is 0 Å². The zero-order valence-electron chi connectivity index (χ0n) is 3.73. The third kappa shape index (κ3) is 2.80. The maximum Gasteiger partial charge on any atom is 0.238 e. The predicted octanol–water partition coefficient (Wildman–Crippen LogP) is 0.237. The maximum absolute atomic E-state index is 10.3. The topological polar surface area (TPSA) is 60.2 Å². The number of primary amides is 1. The molecule has 2 N–H and O–H groups in total. The van der Waals surface area contributed by atoms with Crippen LogP contribution in [0.5, 0.6) is 0 Å². The van der Waals surface area contributed by atoms with Crippen LogP contribution in [0.3, 0.4) is 0 Å². The number of halogens is 2. The first-order valence-electron chi connectivity index (χ1n) is 1.68. The highest BCUT2D eigenvalue weighted by Gasteiger charge is 2.16. The summed E-state index contributed by atoms with van der Waals surface area (Å²) < 4.78 is -0.899. The van der Waals surface area contributed by atoms with Gasteiger partial charge in [-0.3, -0.25) is 9.59 Å². The highest BCUT2D eigenvalue weighted by Crippen LogP contribution is 2.04. The van der Waals surface area contributed by atoms with Crippen molar-refractivity contribution in [1.82, 2.24) is 0 Å². The fourth-order valence-corrected chi connectivity index (χ4v) is 0.419. The van der Waals surface area contributed by atoms with Gasteiger partial charge in [0.2, 0.25) is 9.70 Å². The molecule has 0 aliphatic carbocycles. The second-order valence-electron chi connectivity index (χ2n) is 1.07. The largest absolute Gasteiger partial charge is 0.368 e. The van der Waals surface area contributed by atoms with Gasteiger partial charge in [-0.05, 0) is 0 Å². The molecule has 0 aliphatic heterocycles. The molecule has 0 rings (SSSR count). The van der Waals surface area contributed by atoms with E-state index >= 15 is 0 Å². The van der Waals surface area contributed by atoms with E-state index in [0.717, 1.165) is 0 Å². The van der Waals surface area contributed by atoms with E-state index in [1.165, 1.54) is 22.6 Å². The first kappa shape index (κ1) is 8.60. The van der Waals surface area contributed by atoms with E-state index in [0.29, 0.717) is 0 Å². The summed E-state index contributed by atoms with van der Waals surface area (Å²) in [6.07, 6.45) is 0. The van der Waals surface area contributed by atoms with Gasteiger partial charge < -0.3 is 5.73 Å². The zero-order chi connectivity index (χ0) is 6.73. The molecule has 0 radical (unpaired) electrons. The summed E-state index contributed by atoms with van der Waals surface area (Å²) in [5, 5.41) is 0. The lowest BCUT2D eigenvalue weighted by Gasteiger charge is -1.94. The normalized spacial score (nSPS) is 12.8. The van der Waals surface area contributed by atoms with Crippen LogP contribution in [-0.4, -0.2) is 13.6 Å². The van der Waals surface area contributed by atoms with Crippen LogP contribution in [0, 0.1) is 0 Å². The van der Waals surface area contributed by atoms with Gasteiger partial charge in [0, 0.05) is 22.6 Å². The van der Waals surface area contributed by atoms with Crippen molar-refractivity contribution in [2.24, 2.45) is 5.73 Å². The van der Waals surface area contributed by atoms with Crippen molar-refractivity contribution in [3.8, 4) is 0 Å². The Labute approximate surface area is 73.7 Å². The van der Waals surface area contributed by atoms with E-state index in [9.17, 15) is 9.59 Å². The highest BCUT2D eigenvalue weighted by molar-refractivity contribution is 14.1. The molecule has 0 aromatic rings. The molecule has 0 spiro atoms. The third-order valence-electron chi connectivity index (χ3n) is 0.449. The molecule has 0 bridgehead atoms. The molecule has 1 unspecified atom stereocenters. The van der Waals surface area contributed by atoms with Crippen LogP contribution < -0.4 is 5.73 Å². The SMILES string of the molecule is NC(=O)C(I)C(=O)I. The third-order valence-corrected chi connectivity index (χ3v) is 3.44. The summed E-state index contributed by atoms with van der Waals surface area (Å²) in [5.74, 6) is -0.579. The summed E-state index contributed by atoms with van der Waals surface area (Å²) >= 11 is 3.23. The average molecular weight is 339 g/mol. The van der Waals surface area contributed by atoms with Gasteiger partial charge in [0.05, 0.1) is 0 Å². The summed E-state index contributed by atoms with van der Waals surface area (Å²) in [6, 6.07) is 0. The Hall–Kier alpha value is 0.600. The Bertz CT molecular complexity index is 110. The smallest absolute Gasteiger partial charge is 0.238 e. The summed E-state index contributed by atoms with van der Waals surface area (Å²) in [5.41, 5.74) is 4.76. The molecule has 8 heavy (non-hydrogen) atoms. The molecule has 0 aliphatic rings. The Morgan fingerprint density at radius 1 is 1.50 bits per heavy atom. The molecule has 0 heterocycles. The summed E-state index contributed by atoms with van der Waals surface area (Å²) in [7, 11) is 0. The molecule has 5 heteroatoms. The minimum absolute atomic E-state index is 0.226. The fourth-order valence-electron chi connectivity index (χ4n) is 0.112. The number of carbonyl (C=O) groups is 2. The zero-order valence-corrected chi connectivity index (χ0v) is 8.04. The summed E-state index contributed by atoms with van der Waals surface area (Å²) in [4.78, 5) is 20.4. The Morgan fingerprint density at radius 3 is 1.88 bits per heavy atom. The number of amides is 1. The first-order valence-corrected chi connectivity index (χ1v) is 4.01. The predicted molar refractivity (Wildman–Crippen MR) is 46.0 cm³/mol. The van der Waals surface area contributed by atoms with Gasteiger partial charge in [0.25, 0.3) is 0 Å². The molecule has 46 valence electrons. The van der Waals surface area contributed by atoms with Gasteiger partial charge in [0.1, 0.15) is 0 Å². The van der Waals surface area contributed by atoms with Crippen LogP contribution in [0.4, 0.5) is 0 Å². The van der Waals surface area contributed by atoms with E-state index in [-0.39, 0.29) is 3.79 Å². The molecule has 0 fully saturated rings. The van der Waals surface area contributed by atoms with Gasteiger partial charge in [-0.2, -0.15) is 0 Å². The number of nitrogens with two attached hydrogens (primary N) is 1.